The van der Waals surface area contributed by atoms with E-state index >= 15 is 0 Å². The van der Waals surface area contributed by atoms with Crippen LogP contribution in [-0.2, 0) is 4.79 Å². The minimum absolute atomic E-state index is 0.00605. The van der Waals surface area contributed by atoms with Crippen LogP contribution in [0.4, 0.5) is 5.69 Å². The summed E-state index contributed by atoms with van der Waals surface area (Å²) in [4.78, 5) is 26.6. The van der Waals surface area contributed by atoms with Crippen molar-refractivity contribution >= 4 is 17.4 Å². The highest BCUT2D eigenvalue weighted by molar-refractivity contribution is 6.12. The molecule has 0 aromatic heterocycles. The molecule has 0 atom stereocenters. The molecule has 0 unspecified atom stereocenters. The van der Waals surface area contributed by atoms with E-state index in [1.807, 2.05) is 67.6 Å². The van der Waals surface area contributed by atoms with Gasteiger partial charge in [-0.05, 0) is 25.5 Å². The third-order valence-electron chi connectivity index (χ3n) is 3.93. The van der Waals surface area contributed by atoms with E-state index in [1.165, 1.54) is 0 Å². The third kappa shape index (κ3) is 2.58. The summed E-state index contributed by atoms with van der Waals surface area (Å²) in [5.41, 5.74) is 2.92. The minimum atomic E-state index is 0.00605. The molecule has 0 N–H and O–H groups in total. The maximum atomic E-state index is 12.7. The molecular formula is C19H17NO2. The lowest BCUT2D eigenvalue weighted by molar-refractivity contribution is -0.118. The Labute approximate surface area is 129 Å². The Morgan fingerprint density at radius 2 is 1.50 bits per heavy atom. The molecule has 22 heavy (non-hydrogen) atoms. The summed E-state index contributed by atoms with van der Waals surface area (Å²) in [6.45, 7) is 1.85. The minimum Gasteiger partial charge on any atom is -0.289 e. The third-order valence-corrected chi connectivity index (χ3v) is 3.93. The molecule has 1 amide bonds. The van der Waals surface area contributed by atoms with Gasteiger partial charge in [0, 0.05) is 28.9 Å². The molecule has 0 fully saturated rings. The van der Waals surface area contributed by atoms with Crippen LogP contribution in [0.1, 0.15) is 30.1 Å². The predicted molar refractivity (Wildman–Crippen MR) is 86.6 cm³/mol. The topological polar surface area (TPSA) is 37.4 Å². The van der Waals surface area contributed by atoms with Crippen molar-refractivity contribution in [2.45, 2.75) is 19.8 Å². The molecule has 0 saturated carbocycles. The quantitative estimate of drug-likeness (QED) is 0.802. The van der Waals surface area contributed by atoms with Crippen molar-refractivity contribution in [3.8, 4) is 0 Å². The zero-order chi connectivity index (χ0) is 15.5. The second-order valence-corrected chi connectivity index (χ2v) is 5.32. The maximum Gasteiger partial charge on any atom is 0.231 e. The molecule has 0 radical (unpaired) electrons. The van der Waals surface area contributed by atoms with Gasteiger partial charge in [-0.2, -0.15) is 0 Å². The van der Waals surface area contributed by atoms with Gasteiger partial charge >= 0.3 is 0 Å². The Morgan fingerprint density at radius 1 is 0.909 bits per heavy atom. The molecule has 0 spiro atoms. The lowest BCUT2D eigenvalue weighted by Crippen LogP contribution is -2.34. The Bertz CT molecular complexity index is 733. The number of carbonyl (C=O) groups excluding carboxylic acids is 2. The van der Waals surface area contributed by atoms with E-state index in [9.17, 15) is 9.59 Å². The summed E-state index contributed by atoms with van der Waals surface area (Å²) in [6, 6.07) is 18.7. The average molecular weight is 291 g/mol. The van der Waals surface area contributed by atoms with E-state index in [4.69, 9.17) is 0 Å². The fourth-order valence-electron chi connectivity index (χ4n) is 2.80. The van der Waals surface area contributed by atoms with Gasteiger partial charge in [0.2, 0.25) is 5.91 Å². The molecule has 0 saturated heterocycles. The van der Waals surface area contributed by atoms with Crippen LogP contribution in [0.5, 0.6) is 0 Å². The number of ketones is 1. The summed E-state index contributed by atoms with van der Waals surface area (Å²) in [6.07, 6.45) is 0.863. The van der Waals surface area contributed by atoms with Gasteiger partial charge in [0.25, 0.3) is 0 Å². The number of para-hydroxylation sites is 1. The largest absolute Gasteiger partial charge is 0.289 e. The highest BCUT2D eigenvalue weighted by Gasteiger charge is 2.28. The van der Waals surface area contributed by atoms with Crippen LogP contribution < -0.4 is 4.90 Å². The Kier molecular flexibility index (Phi) is 3.88. The van der Waals surface area contributed by atoms with Gasteiger partial charge in [0.1, 0.15) is 0 Å². The number of benzene rings is 2. The number of carbonyl (C=O) groups is 2. The molecule has 3 heteroatoms. The first kappa shape index (κ1) is 14.3. The van der Waals surface area contributed by atoms with E-state index in [-0.39, 0.29) is 11.7 Å². The van der Waals surface area contributed by atoms with E-state index < -0.39 is 0 Å². The van der Waals surface area contributed by atoms with Crippen molar-refractivity contribution in [1.29, 1.82) is 0 Å². The zero-order valence-electron chi connectivity index (χ0n) is 12.5. The molecule has 110 valence electrons. The SMILES string of the molecule is CC1=C(C(=O)c2ccccc2)CCC(=O)N1c1ccccc1. The van der Waals surface area contributed by atoms with Gasteiger partial charge in [-0.3, -0.25) is 14.5 Å². The van der Waals surface area contributed by atoms with Crippen LogP contribution in [0.25, 0.3) is 0 Å². The standard InChI is InChI=1S/C19H17NO2/c1-14-17(19(22)15-8-4-2-5-9-15)12-13-18(21)20(14)16-10-6-3-7-11-16/h2-11H,12-13H2,1H3. The molecule has 1 aliphatic heterocycles. The van der Waals surface area contributed by atoms with Crippen molar-refractivity contribution in [3.05, 3.63) is 77.5 Å². The number of rotatable bonds is 3. The number of nitrogens with zero attached hydrogens (tertiary/aromatic N) is 1. The van der Waals surface area contributed by atoms with Crippen molar-refractivity contribution in [1.82, 2.24) is 0 Å². The number of hydrogen-bond donors (Lipinski definition) is 0. The molecule has 1 aliphatic rings. The van der Waals surface area contributed by atoms with Crippen molar-refractivity contribution in [2.24, 2.45) is 0 Å². The highest BCUT2D eigenvalue weighted by Crippen LogP contribution is 2.30. The van der Waals surface area contributed by atoms with Crippen LogP contribution >= 0.6 is 0 Å². The molecule has 2 aromatic rings. The van der Waals surface area contributed by atoms with Crippen molar-refractivity contribution in [3.63, 3.8) is 0 Å². The van der Waals surface area contributed by atoms with Gasteiger partial charge in [-0.15, -0.1) is 0 Å². The summed E-state index contributed by atoms with van der Waals surface area (Å²) < 4.78 is 0. The Morgan fingerprint density at radius 3 is 2.14 bits per heavy atom. The van der Waals surface area contributed by atoms with Crippen LogP contribution in [0.15, 0.2) is 71.9 Å². The summed E-state index contributed by atoms with van der Waals surface area (Å²) in [5, 5.41) is 0. The Balaban J connectivity index is 2.02. The second kappa shape index (κ2) is 5.98. The number of Topliss-reactive ketones (excluding diaryl/α,β-unsaturated/α-hetero) is 1. The summed E-state index contributed by atoms with van der Waals surface area (Å²) in [7, 11) is 0. The van der Waals surface area contributed by atoms with E-state index in [0.717, 1.165) is 17.0 Å². The highest BCUT2D eigenvalue weighted by atomic mass is 16.2. The monoisotopic (exact) mass is 291 g/mol. The van der Waals surface area contributed by atoms with Gasteiger partial charge in [-0.25, -0.2) is 0 Å². The summed E-state index contributed by atoms with van der Waals surface area (Å²) in [5.74, 6) is 0.0415. The van der Waals surface area contributed by atoms with Gasteiger partial charge in [-0.1, -0.05) is 48.5 Å². The van der Waals surface area contributed by atoms with E-state index in [1.54, 1.807) is 4.90 Å². The fraction of sp³-hybridized carbons (Fsp3) is 0.158. The molecular weight excluding hydrogens is 274 g/mol. The average Bonchev–Trinajstić information content (AvgIpc) is 2.56. The molecule has 2 aromatic carbocycles. The number of anilines is 1. The predicted octanol–water partition coefficient (Wildman–Crippen LogP) is 3.97. The zero-order valence-corrected chi connectivity index (χ0v) is 12.5. The van der Waals surface area contributed by atoms with Crippen molar-refractivity contribution in [2.75, 3.05) is 4.90 Å². The first-order valence-corrected chi connectivity index (χ1v) is 7.36. The van der Waals surface area contributed by atoms with Crippen LogP contribution in [0.2, 0.25) is 0 Å². The van der Waals surface area contributed by atoms with E-state index in [0.29, 0.717) is 18.4 Å². The second-order valence-electron chi connectivity index (χ2n) is 5.32. The van der Waals surface area contributed by atoms with E-state index in [2.05, 4.69) is 0 Å². The fourth-order valence-corrected chi connectivity index (χ4v) is 2.80. The molecule has 3 nitrogen and oxygen atoms in total. The first-order valence-electron chi connectivity index (χ1n) is 7.36. The molecule has 1 heterocycles. The number of amides is 1. The molecule has 3 rings (SSSR count). The lowest BCUT2D eigenvalue weighted by atomic mass is 9.94. The maximum absolute atomic E-state index is 12.7. The Hall–Kier alpha value is -2.68. The molecule has 0 aliphatic carbocycles. The first-order chi connectivity index (χ1) is 10.7. The summed E-state index contributed by atoms with van der Waals surface area (Å²) >= 11 is 0. The normalized spacial score (nSPS) is 15.1. The van der Waals surface area contributed by atoms with Crippen molar-refractivity contribution < 1.29 is 9.59 Å². The van der Waals surface area contributed by atoms with Gasteiger partial charge < -0.3 is 0 Å². The van der Waals surface area contributed by atoms with Crippen LogP contribution in [0, 0.1) is 0 Å². The number of hydrogen-bond acceptors (Lipinski definition) is 2. The van der Waals surface area contributed by atoms with Crippen LogP contribution in [-0.4, -0.2) is 11.7 Å². The smallest absolute Gasteiger partial charge is 0.231 e. The molecule has 0 bridgehead atoms. The number of allylic oxidation sites excluding steroid dienone is 2. The lowest BCUT2D eigenvalue weighted by Gasteiger charge is -2.30. The van der Waals surface area contributed by atoms with Crippen LogP contribution in [0.3, 0.4) is 0 Å². The van der Waals surface area contributed by atoms with Gasteiger partial charge in [0.15, 0.2) is 5.78 Å². The van der Waals surface area contributed by atoms with Gasteiger partial charge in [0.05, 0.1) is 0 Å².